The maximum absolute atomic E-state index is 12.8. The number of hydrogen-bond donors (Lipinski definition) is 2. The van der Waals surface area contributed by atoms with Gasteiger partial charge in [0, 0.05) is 29.7 Å². The summed E-state index contributed by atoms with van der Waals surface area (Å²) in [4.78, 5) is 27.7. The molecule has 1 aliphatic rings. The fourth-order valence-electron chi connectivity index (χ4n) is 3.15. The summed E-state index contributed by atoms with van der Waals surface area (Å²) in [6.07, 6.45) is 0.825. The number of hydrogen-bond acceptors (Lipinski definition) is 5. The number of nitrogens with one attached hydrogen (secondary N) is 1. The number of carbonyl (C=O) groups is 2. The quantitative estimate of drug-likeness (QED) is 0.619. The number of aromatic nitrogens is 1. The van der Waals surface area contributed by atoms with Crippen molar-refractivity contribution in [1.82, 2.24) is 10.3 Å². The second-order valence-electron chi connectivity index (χ2n) is 6.30. The standard InChI is InChI=1S/C19H17F3N4O2/c20-19(21,22)13-2-4-14(5-3-13)26-10-12(1-6-17(28)25-11-27)9-15-16(26)7-8-24-18(15)23/h1-8,11-12H,9-10H2,(H2,23,24)(H,25,27,28). The van der Waals surface area contributed by atoms with Crippen LogP contribution in [0.15, 0.2) is 48.7 Å². The Hall–Kier alpha value is -3.36. The van der Waals surface area contributed by atoms with E-state index in [4.69, 9.17) is 5.73 Å². The first-order valence-electron chi connectivity index (χ1n) is 8.40. The molecule has 0 aliphatic carbocycles. The molecule has 1 aromatic heterocycles. The zero-order valence-corrected chi connectivity index (χ0v) is 14.6. The molecule has 1 atom stereocenters. The molecule has 0 fully saturated rings. The average molecular weight is 390 g/mol. The summed E-state index contributed by atoms with van der Waals surface area (Å²) in [5.74, 6) is -0.385. The fourth-order valence-corrected chi connectivity index (χ4v) is 3.15. The van der Waals surface area contributed by atoms with Crippen LogP contribution in [0.2, 0.25) is 0 Å². The van der Waals surface area contributed by atoms with Gasteiger partial charge >= 0.3 is 6.18 Å². The Morgan fingerprint density at radius 2 is 1.96 bits per heavy atom. The summed E-state index contributed by atoms with van der Waals surface area (Å²) in [5.41, 5.74) is 7.33. The van der Waals surface area contributed by atoms with Gasteiger partial charge in [0.2, 0.25) is 12.3 Å². The number of nitrogen functional groups attached to an aromatic ring is 1. The third kappa shape index (κ3) is 4.13. The van der Waals surface area contributed by atoms with E-state index in [1.165, 1.54) is 18.2 Å². The molecule has 1 unspecified atom stereocenters. The van der Waals surface area contributed by atoms with E-state index >= 15 is 0 Å². The Morgan fingerprint density at radius 1 is 1.25 bits per heavy atom. The number of amides is 2. The number of halogens is 3. The molecule has 6 nitrogen and oxygen atoms in total. The van der Waals surface area contributed by atoms with Crippen LogP contribution in [0.1, 0.15) is 11.1 Å². The van der Waals surface area contributed by atoms with Crippen LogP contribution in [0.25, 0.3) is 0 Å². The van der Waals surface area contributed by atoms with Gasteiger partial charge in [0.05, 0.1) is 5.56 Å². The Morgan fingerprint density at radius 3 is 2.61 bits per heavy atom. The van der Waals surface area contributed by atoms with Gasteiger partial charge in [-0.15, -0.1) is 0 Å². The minimum Gasteiger partial charge on any atom is -0.383 e. The number of imide groups is 1. The lowest BCUT2D eigenvalue weighted by Gasteiger charge is -2.35. The lowest BCUT2D eigenvalue weighted by molar-refractivity contribution is -0.137. The van der Waals surface area contributed by atoms with Crippen LogP contribution in [0.5, 0.6) is 0 Å². The van der Waals surface area contributed by atoms with Gasteiger partial charge < -0.3 is 10.6 Å². The number of fused-ring (bicyclic) bond motifs is 1. The zero-order valence-electron chi connectivity index (χ0n) is 14.6. The highest BCUT2D eigenvalue weighted by atomic mass is 19.4. The largest absolute Gasteiger partial charge is 0.416 e. The van der Waals surface area contributed by atoms with Crippen LogP contribution in [0.4, 0.5) is 30.4 Å². The molecule has 2 amide bonds. The predicted octanol–water partition coefficient (Wildman–Crippen LogP) is 2.82. The average Bonchev–Trinajstić information content (AvgIpc) is 2.66. The van der Waals surface area contributed by atoms with Crippen molar-refractivity contribution in [2.24, 2.45) is 5.92 Å². The molecule has 3 rings (SSSR count). The van der Waals surface area contributed by atoms with Gasteiger partial charge in [-0.05, 0) is 48.7 Å². The fraction of sp³-hybridized carbons (Fsp3) is 0.211. The van der Waals surface area contributed by atoms with Gasteiger partial charge in [0.25, 0.3) is 0 Å². The second-order valence-corrected chi connectivity index (χ2v) is 6.30. The summed E-state index contributed by atoms with van der Waals surface area (Å²) in [6.45, 7) is 0.423. The molecule has 28 heavy (non-hydrogen) atoms. The maximum Gasteiger partial charge on any atom is 0.416 e. The summed E-state index contributed by atoms with van der Waals surface area (Å²) in [5, 5.41) is 2.02. The highest BCUT2D eigenvalue weighted by Gasteiger charge is 2.31. The summed E-state index contributed by atoms with van der Waals surface area (Å²) < 4.78 is 38.5. The Labute approximate surface area is 158 Å². The van der Waals surface area contributed by atoms with E-state index in [0.29, 0.717) is 30.9 Å². The van der Waals surface area contributed by atoms with Gasteiger partial charge in [0.15, 0.2) is 0 Å². The van der Waals surface area contributed by atoms with Crippen molar-refractivity contribution in [2.75, 3.05) is 17.2 Å². The van der Waals surface area contributed by atoms with Crippen molar-refractivity contribution >= 4 is 29.5 Å². The minimum absolute atomic E-state index is 0.154. The molecular formula is C19H17F3N4O2. The summed E-state index contributed by atoms with van der Waals surface area (Å²) >= 11 is 0. The minimum atomic E-state index is -4.41. The van der Waals surface area contributed by atoms with E-state index in [1.807, 2.05) is 10.2 Å². The van der Waals surface area contributed by atoms with Crippen molar-refractivity contribution < 1.29 is 22.8 Å². The van der Waals surface area contributed by atoms with E-state index < -0.39 is 17.6 Å². The molecule has 2 aromatic rings. The normalized spacial score (nSPS) is 16.7. The molecule has 0 saturated heterocycles. The predicted molar refractivity (Wildman–Crippen MR) is 97.6 cm³/mol. The molecule has 9 heteroatoms. The monoisotopic (exact) mass is 390 g/mol. The highest BCUT2D eigenvalue weighted by Crippen LogP contribution is 2.39. The van der Waals surface area contributed by atoms with E-state index in [9.17, 15) is 22.8 Å². The van der Waals surface area contributed by atoms with Crippen molar-refractivity contribution in [1.29, 1.82) is 0 Å². The molecule has 3 N–H and O–H groups in total. The number of nitrogens with zero attached hydrogens (tertiary/aromatic N) is 2. The van der Waals surface area contributed by atoms with E-state index in [0.717, 1.165) is 23.4 Å². The highest BCUT2D eigenvalue weighted by molar-refractivity contribution is 5.94. The number of alkyl halides is 3. The van der Waals surface area contributed by atoms with Gasteiger partial charge in [-0.1, -0.05) is 6.08 Å². The van der Waals surface area contributed by atoms with Gasteiger partial charge in [-0.25, -0.2) is 4.98 Å². The van der Waals surface area contributed by atoms with Crippen molar-refractivity contribution in [3.8, 4) is 0 Å². The lowest BCUT2D eigenvalue weighted by atomic mass is 9.92. The molecule has 0 spiro atoms. The Kier molecular flexibility index (Phi) is 5.34. The maximum atomic E-state index is 12.8. The first-order valence-corrected chi connectivity index (χ1v) is 8.40. The topological polar surface area (TPSA) is 88.3 Å². The molecule has 146 valence electrons. The molecule has 0 radical (unpaired) electrons. The number of benzene rings is 1. The van der Waals surface area contributed by atoms with Crippen molar-refractivity contribution in [3.63, 3.8) is 0 Å². The van der Waals surface area contributed by atoms with Crippen LogP contribution in [-0.4, -0.2) is 23.8 Å². The second kappa shape index (κ2) is 7.71. The Bertz CT molecular complexity index is 910. The molecule has 2 heterocycles. The molecule has 1 aliphatic heterocycles. The first-order chi connectivity index (χ1) is 13.3. The van der Waals surface area contributed by atoms with Gasteiger partial charge in [-0.3, -0.25) is 14.9 Å². The number of carbonyl (C=O) groups excluding carboxylic acids is 2. The molecular weight excluding hydrogens is 373 g/mol. The number of anilines is 3. The Balaban J connectivity index is 1.94. The SMILES string of the molecule is Nc1nccc2c1CC(C=CC(=O)NC=O)CN2c1ccc(C(F)(F)F)cc1. The van der Waals surface area contributed by atoms with E-state index in [1.54, 1.807) is 18.3 Å². The van der Waals surface area contributed by atoms with Crippen molar-refractivity contribution in [3.05, 3.63) is 59.8 Å². The molecule has 0 saturated carbocycles. The smallest absolute Gasteiger partial charge is 0.383 e. The number of pyridine rings is 1. The van der Waals surface area contributed by atoms with Gasteiger partial charge in [0.1, 0.15) is 5.82 Å². The van der Waals surface area contributed by atoms with Crippen molar-refractivity contribution in [2.45, 2.75) is 12.6 Å². The number of rotatable bonds is 4. The third-order valence-electron chi connectivity index (χ3n) is 4.47. The zero-order chi connectivity index (χ0) is 20.3. The van der Waals surface area contributed by atoms with Gasteiger partial charge in [-0.2, -0.15) is 13.2 Å². The van der Waals surface area contributed by atoms with Crippen LogP contribution in [0.3, 0.4) is 0 Å². The summed E-state index contributed by atoms with van der Waals surface area (Å²) in [6, 6.07) is 6.60. The summed E-state index contributed by atoms with van der Waals surface area (Å²) in [7, 11) is 0. The number of nitrogens with two attached hydrogens (primary N) is 1. The lowest BCUT2D eigenvalue weighted by Crippen LogP contribution is -2.32. The third-order valence-corrected chi connectivity index (χ3v) is 4.47. The molecule has 1 aromatic carbocycles. The van der Waals surface area contributed by atoms with E-state index in [2.05, 4.69) is 4.98 Å². The molecule has 0 bridgehead atoms. The van der Waals surface area contributed by atoms with Crippen LogP contribution in [0, 0.1) is 5.92 Å². The van der Waals surface area contributed by atoms with Crippen LogP contribution < -0.4 is 16.0 Å². The van der Waals surface area contributed by atoms with Crippen LogP contribution in [-0.2, 0) is 22.2 Å². The van der Waals surface area contributed by atoms with Crippen LogP contribution >= 0.6 is 0 Å². The first kappa shape index (κ1) is 19.4. The van der Waals surface area contributed by atoms with E-state index in [-0.39, 0.29) is 5.92 Å².